The molecule has 0 spiro atoms. The summed E-state index contributed by atoms with van der Waals surface area (Å²) >= 11 is 0. The first-order valence-electron chi connectivity index (χ1n) is 6.63. The third-order valence-electron chi connectivity index (χ3n) is 2.90. The molecule has 0 aliphatic rings. The second-order valence-electron chi connectivity index (χ2n) is 4.40. The first-order chi connectivity index (χ1) is 10.3. The van der Waals surface area contributed by atoms with Crippen LogP contribution in [0.15, 0.2) is 48.9 Å². The smallest absolute Gasteiger partial charge is 0.197 e. The van der Waals surface area contributed by atoms with Gasteiger partial charge in [0, 0.05) is 17.4 Å². The van der Waals surface area contributed by atoms with E-state index >= 15 is 0 Å². The number of nitrogens with zero attached hydrogens (tertiary/aromatic N) is 4. The number of benzene rings is 1. The van der Waals surface area contributed by atoms with E-state index in [0.29, 0.717) is 29.7 Å². The van der Waals surface area contributed by atoms with Gasteiger partial charge >= 0.3 is 0 Å². The Morgan fingerprint density at radius 3 is 2.90 bits per heavy atom. The highest BCUT2D eigenvalue weighted by molar-refractivity contribution is 5.60. The van der Waals surface area contributed by atoms with Crippen LogP contribution in [0.4, 0.5) is 5.69 Å². The third-order valence-corrected chi connectivity index (χ3v) is 2.90. The van der Waals surface area contributed by atoms with Gasteiger partial charge in [-0.2, -0.15) is 4.68 Å². The van der Waals surface area contributed by atoms with Crippen LogP contribution in [-0.2, 0) is 0 Å². The third kappa shape index (κ3) is 2.69. The van der Waals surface area contributed by atoms with E-state index in [4.69, 9.17) is 10.5 Å². The van der Waals surface area contributed by atoms with E-state index in [2.05, 4.69) is 15.1 Å². The molecule has 1 aromatic carbocycles. The SMILES string of the molecule is CCOc1cccnc1-n1cnc(-c2cccc(N)c2)n1. The van der Waals surface area contributed by atoms with Gasteiger partial charge in [0.25, 0.3) is 0 Å². The number of pyridine rings is 1. The second kappa shape index (κ2) is 5.62. The van der Waals surface area contributed by atoms with Crippen molar-refractivity contribution in [2.75, 3.05) is 12.3 Å². The Morgan fingerprint density at radius 2 is 2.10 bits per heavy atom. The van der Waals surface area contributed by atoms with Gasteiger partial charge in [0.1, 0.15) is 6.33 Å². The number of ether oxygens (including phenoxy) is 1. The minimum atomic E-state index is 0.565. The summed E-state index contributed by atoms with van der Waals surface area (Å²) in [7, 11) is 0. The minimum Gasteiger partial charge on any atom is -0.490 e. The van der Waals surface area contributed by atoms with Crippen LogP contribution < -0.4 is 10.5 Å². The van der Waals surface area contributed by atoms with Crippen LogP contribution in [0.5, 0.6) is 5.75 Å². The van der Waals surface area contributed by atoms with Crippen molar-refractivity contribution in [2.24, 2.45) is 0 Å². The van der Waals surface area contributed by atoms with Gasteiger partial charge in [-0.25, -0.2) is 9.97 Å². The van der Waals surface area contributed by atoms with E-state index in [-0.39, 0.29) is 0 Å². The standard InChI is InChI=1S/C15H15N5O/c1-2-21-13-7-4-8-17-15(13)20-10-18-14(19-20)11-5-3-6-12(16)9-11/h3-10H,2,16H2,1H3. The molecule has 21 heavy (non-hydrogen) atoms. The van der Waals surface area contributed by atoms with E-state index in [1.54, 1.807) is 17.2 Å². The zero-order valence-corrected chi connectivity index (χ0v) is 11.6. The molecule has 0 fully saturated rings. The van der Waals surface area contributed by atoms with Crippen molar-refractivity contribution in [3.05, 3.63) is 48.9 Å². The summed E-state index contributed by atoms with van der Waals surface area (Å²) in [4.78, 5) is 8.61. The van der Waals surface area contributed by atoms with Gasteiger partial charge in [-0.3, -0.25) is 0 Å². The molecule has 0 radical (unpaired) electrons. The summed E-state index contributed by atoms with van der Waals surface area (Å²) in [6, 6.07) is 11.1. The fraction of sp³-hybridized carbons (Fsp3) is 0.133. The molecule has 6 heteroatoms. The summed E-state index contributed by atoms with van der Waals surface area (Å²) in [5.41, 5.74) is 7.32. The van der Waals surface area contributed by atoms with Crippen molar-refractivity contribution in [3.8, 4) is 23.0 Å². The molecule has 0 amide bonds. The van der Waals surface area contributed by atoms with Crippen LogP contribution in [0.1, 0.15) is 6.92 Å². The molecular formula is C15H15N5O. The number of rotatable bonds is 4. The van der Waals surface area contributed by atoms with Crippen LogP contribution in [-0.4, -0.2) is 26.4 Å². The summed E-state index contributed by atoms with van der Waals surface area (Å²) in [5, 5.41) is 4.44. The van der Waals surface area contributed by atoms with Crippen molar-refractivity contribution < 1.29 is 4.74 Å². The highest BCUT2D eigenvalue weighted by Crippen LogP contribution is 2.22. The van der Waals surface area contributed by atoms with Crippen LogP contribution in [0.2, 0.25) is 0 Å². The van der Waals surface area contributed by atoms with Crippen molar-refractivity contribution in [3.63, 3.8) is 0 Å². The van der Waals surface area contributed by atoms with Gasteiger partial charge in [0.05, 0.1) is 6.61 Å². The summed E-state index contributed by atoms with van der Waals surface area (Å²) in [5.74, 6) is 1.88. The van der Waals surface area contributed by atoms with Crippen LogP contribution in [0.3, 0.4) is 0 Å². The molecule has 3 rings (SSSR count). The fourth-order valence-corrected chi connectivity index (χ4v) is 2.00. The minimum absolute atomic E-state index is 0.565. The molecule has 106 valence electrons. The highest BCUT2D eigenvalue weighted by atomic mass is 16.5. The van der Waals surface area contributed by atoms with Crippen LogP contribution in [0.25, 0.3) is 17.2 Å². The number of aromatic nitrogens is 4. The number of nitrogens with two attached hydrogens (primary N) is 1. The Morgan fingerprint density at radius 1 is 1.19 bits per heavy atom. The number of hydrogen-bond acceptors (Lipinski definition) is 5. The monoisotopic (exact) mass is 281 g/mol. The normalized spacial score (nSPS) is 10.5. The molecule has 0 bridgehead atoms. The van der Waals surface area contributed by atoms with Crippen LogP contribution >= 0.6 is 0 Å². The predicted molar refractivity (Wildman–Crippen MR) is 80.2 cm³/mol. The summed E-state index contributed by atoms with van der Waals surface area (Å²) in [6.45, 7) is 2.49. The molecule has 2 heterocycles. The lowest BCUT2D eigenvalue weighted by atomic mass is 10.2. The molecule has 6 nitrogen and oxygen atoms in total. The second-order valence-corrected chi connectivity index (χ2v) is 4.40. The quantitative estimate of drug-likeness (QED) is 0.742. The van der Waals surface area contributed by atoms with E-state index in [1.807, 2.05) is 43.3 Å². The maximum absolute atomic E-state index is 5.78. The molecule has 3 aromatic rings. The lowest BCUT2D eigenvalue weighted by Crippen LogP contribution is -2.03. The number of anilines is 1. The van der Waals surface area contributed by atoms with E-state index in [1.165, 1.54) is 0 Å². The van der Waals surface area contributed by atoms with Gasteiger partial charge in [0.2, 0.25) is 0 Å². The van der Waals surface area contributed by atoms with E-state index in [0.717, 1.165) is 5.56 Å². The maximum Gasteiger partial charge on any atom is 0.197 e. The molecule has 0 saturated heterocycles. The van der Waals surface area contributed by atoms with Gasteiger partial charge in [-0.15, -0.1) is 5.10 Å². The average molecular weight is 281 g/mol. The van der Waals surface area contributed by atoms with Gasteiger partial charge in [-0.05, 0) is 31.2 Å². The molecule has 0 atom stereocenters. The van der Waals surface area contributed by atoms with Gasteiger partial charge < -0.3 is 10.5 Å². The van der Waals surface area contributed by atoms with E-state index < -0.39 is 0 Å². The first-order valence-corrected chi connectivity index (χ1v) is 6.63. The molecule has 0 saturated carbocycles. The Balaban J connectivity index is 1.99. The Hall–Kier alpha value is -2.89. The topological polar surface area (TPSA) is 78.8 Å². The summed E-state index contributed by atoms with van der Waals surface area (Å²) < 4.78 is 7.16. The highest BCUT2D eigenvalue weighted by Gasteiger charge is 2.10. The average Bonchev–Trinajstić information content (AvgIpc) is 2.98. The molecule has 0 unspecified atom stereocenters. The summed E-state index contributed by atoms with van der Waals surface area (Å²) in [6.07, 6.45) is 3.31. The Kier molecular flexibility index (Phi) is 3.51. The van der Waals surface area contributed by atoms with Crippen molar-refractivity contribution >= 4 is 5.69 Å². The molecule has 2 N–H and O–H groups in total. The fourth-order valence-electron chi connectivity index (χ4n) is 2.00. The zero-order valence-electron chi connectivity index (χ0n) is 11.6. The Labute approximate surface area is 122 Å². The zero-order chi connectivity index (χ0) is 14.7. The predicted octanol–water partition coefficient (Wildman–Crippen LogP) is 2.31. The molecule has 0 aliphatic heterocycles. The van der Waals surface area contributed by atoms with Gasteiger partial charge in [-0.1, -0.05) is 12.1 Å². The lowest BCUT2D eigenvalue weighted by Gasteiger charge is -2.07. The maximum atomic E-state index is 5.78. The van der Waals surface area contributed by atoms with E-state index in [9.17, 15) is 0 Å². The largest absolute Gasteiger partial charge is 0.490 e. The van der Waals surface area contributed by atoms with Crippen molar-refractivity contribution in [1.29, 1.82) is 0 Å². The molecule has 2 aromatic heterocycles. The molecule has 0 aliphatic carbocycles. The van der Waals surface area contributed by atoms with Crippen LogP contribution in [0, 0.1) is 0 Å². The lowest BCUT2D eigenvalue weighted by molar-refractivity contribution is 0.336. The van der Waals surface area contributed by atoms with Crippen molar-refractivity contribution in [2.45, 2.75) is 6.92 Å². The van der Waals surface area contributed by atoms with Gasteiger partial charge in [0.15, 0.2) is 17.4 Å². The first kappa shape index (κ1) is 13.1. The molecular weight excluding hydrogens is 266 g/mol. The number of hydrogen-bond donors (Lipinski definition) is 1. The number of nitrogen functional groups attached to an aromatic ring is 1. The Bertz CT molecular complexity index is 753. The van der Waals surface area contributed by atoms with Crippen molar-refractivity contribution in [1.82, 2.24) is 19.7 Å².